The first-order valence-electron chi connectivity index (χ1n) is 12.1. The molecule has 0 aliphatic carbocycles. The van der Waals surface area contributed by atoms with E-state index in [-0.39, 0.29) is 42.4 Å². The normalized spacial score (nSPS) is 17.3. The number of anilines is 1. The standard InChI is InChI=1S/C25H37N5O5S/c1-14(2)22(24(34)27-16(5)23(33)28-18-8-6-17(13-26)7-9-18)29-20(31)10-11-30-21(32)12-19(25(30)35)36-15(3)4/h6-9,14-16,19,22H,10-13,26H2,1-5H3,(H,27,34)(H,28,33)(H,29,31)/t16-,19?,22?/m0/s1. The van der Waals surface area contributed by atoms with Gasteiger partial charge in [0.15, 0.2) is 0 Å². The van der Waals surface area contributed by atoms with Gasteiger partial charge in [-0.05, 0) is 35.8 Å². The lowest BCUT2D eigenvalue weighted by Crippen LogP contribution is -2.54. The number of thioether (sulfide) groups is 1. The van der Waals surface area contributed by atoms with Gasteiger partial charge in [-0.1, -0.05) is 39.8 Å². The second-order valence-corrected chi connectivity index (χ2v) is 11.2. The maximum atomic E-state index is 12.8. The number of benzene rings is 1. The molecule has 0 saturated carbocycles. The number of carbonyl (C=O) groups excluding carboxylic acids is 5. The van der Waals surface area contributed by atoms with E-state index in [1.807, 2.05) is 13.8 Å². The van der Waals surface area contributed by atoms with Crippen molar-refractivity contribution in [3.63, 3.8) is 0 Å². The van der Waals surface area contributed by atoms with E-state index in [0.717, 1.165) is 10.5 Å². The summed E-state index contributed by atoms with van der Waals surface area (Å²) in [5.41, 5.74) is 7.08. The third-order valence-electron chi connectivity index (χ3n) is 5.68. The van der Waals surface area contributed by atoms with Gasteiger partial charge in [-0.25, -0.2) is 0 Å². The van der Waals surface area contributed by atoms with Gasteiger partial charge in [-0.2, -0.15) is 0 Å². The molecule has 0 aromatic heterocycles. The van der Waals surface area contributed by atoms with Crippen molar-refractivity contribution in [2.75, 3.05) is 11.9 Å². The van der Waals surface area contributed by atoms with Gasteiger partial charge in [0.1, 0.15) is 12.1 Å². The molecule has 2 rings (SSSR count). The van der Waals surface area contributed by atoms with Crippen LogP contribution in [0.2, 0.25) is 0 Å². The summed E-state index contributed by atoms with van der Waals surface area (Å²) in [5.74, 6) is -2.18. The fraction of sp³-hybridized carbons (Fsp3) is 0.560. The van der Waals surface area contributed by atoms with Crippen LogP contribution in [-0.4, -0.2) is 63.6 Å². The highest BCUT2D eigenvalue weighted by molar-refractivity contribution is 8.01. The van der Waals surface area contributed by atoms with E-state index in [0.29, 0.717) is 12.2 Å². The fourth-order valence-electron chi connectivity index (χ4n) is 3.66. The Morgan fingerprint density at radius 1 is 1.03 bits per heavy atom. The number of carbonyl (C=O) groups is 5. The summed E-state index contributed by atoms with van der Waals surface area (Å²) in [5, 5.41) is 7.83. The summed E-state index contributed by atoms with van der Waals surface area (Å²) in [6.07, 6.45) is 0.0271. The first kappa shape index (κ1) is 29.3. The van der Waals surface area contributed by atoms with Gasteiger partial charge in [0.2, 0.25) is 29.5 Å². The zero-order chi connectivity index (χ0) is 27.0. The molecule has 2 unspecified atom stereocenters. The molecule has 3 atom stereocenters. The molecule has 1 aliphatic rings. The zero-order valence-electron chi connectivity index (χ0n) is 21.5. The Balaban J connectivity index is 1.88. The molecule has 36 heavy (non-hydrogen) atoms. The maximum Gasteiger partial charge on any atom is 0.246 e. The van der Waals surface area contributed by atoms with Crippen LogP contribution in [0.3, 0.4) is 0 Å². The number of hydrogen-bond acceptors (Lipinski definition) is 7. The Morgan fingerprint density at radius 3 is 2.22 bits per heavy atom. The Bertz CT molecular complexity index is 966. The topological polar surface area (TPSA) is 151 Å². The number of nitrogens with one attached hydrogen (secondary N) is 3. The molecular formula is C25H37N5O5S. The third-order valence-corrected chi connectivity index (χ3v) is 6.92. The predicted molar refractivity (Wildman–Crippen MR) is 140 cm³/mol. The van der Waals surface area contributed by atoms with Crippen molar-refractivity contribution in [3.8, 4) is 0 Å². The second-order valence-electron chi connectivity index (χ2n) is 9.42. The first-order valence-corrected chi connectivity index (χ1v) is 13.1. The number of hydrogen-bond donors (Lipinski definition) is 4. The zero-order valence-corrected chi connectivity index (χ0v) is 22.3. The summed E-state index contributed by atoms with van der Waals surface area (Å²) in [6, 6.07) is 5.33. The van der Waals surface area contributed by atoms with Crippen molar-refractivity contribution in [1.29, 1.82) is 0 Å². The Labute approximate surface area is 216 Å². The molecule has 0 spiro atoms. The van der Waals surface area contributed by atoms with E-state index in [1.54, 1.807) is 45.0 Å². The van der Waals surface area contributed by atoms with E-state index in [1.165, 1.54) is 11.8 Å². The van der Waals surface area contributed by atoms with Crippen LogP contribution in [0.15, 0.2) is 24.3 Å². The molecule has 1 fully saturated rings. The number of likely N-dealkylation sites (tertiary alicyclic amines) is 1. The summed E-state index contributed by atoms with van der Waals surface area (Å²) >= 11 is 1.44. The molecule has 1 saturated heterocycles. The van der Waals surface area contributed by atoms with E-state index >= 15 is 0 Å². The van der Waals surface area contributed by atoms with Crippen molar-refractivity contribution in [2.24, 2.45) is 11.7 Å². The highest BCUT2D eigenvalue weighted by Crippen LogP contribution is 2.28. The van der Waals surface area contributed by atoms with Gasteiger partial charge in [-0.15, -0.1) is 11.8 Å². The van der Waals surface area contributed by atoms with Crippen LogP contribution in [0, 0.1) is 5.92 Å². The molecule has 1 aromatic carbocycles. The molecule has 198 valence electrons. The Morgan fingerprint density at radius 2 is 1.67 bits per heavy atom. The minimum absolute atomic E-state index is 0.0349. The second kappa shape index (κ2) is 13.4. The molecule has 10 nitrogen and oxygen atoms in total. The van der Waals surface area contributed by atoms with Crippen LogP contribution < -0.4 is 21.7 Å². The average molecular weight is 520 g/mol. The molecule has 0 bridgehead atoms. The predicted octanol–water partition coefficient (Wildman–Crippen LogP) is 1.39. The van der Waals surface area contributed by atoms with Crippen LogP contribution >= 0.6 is 11.8 Å². The summed E-state index contributed by atoms with van der Waals surface area (Å²) < 4.78 is 0. The van der Waals surface area contributed by atoms with Crippen molar-refractivity contribution in [1.82, 2.24) is 15.5 Å². The SMILES string of the molecule is CC(C)SC1CC(=O)N(CCC(=O)NC(C(=O)N[C@@H](C)C(=O)Nc2ccc(CN)cc2)C(C)C)C1=O. The summed E-state index contributed by atoms with van der Waals surface area (Å²) in [7, 11) is 0. The van der Waals surface area contributed by atoms with E-state index < -0.39 is 35.1 Å². The smallest absolute Gasteiger partial charge is 0.246 e. The molecule has 1 heterocycles. The van der Waals surface area contributed by atoms with Gasteiger partial charge in [0, 0.05) is 31.6 Å². The van der Waals surface area contributed by atoms with Crippen LogP contribution in [0.5, 0.6) is 0 Å². The van der Waals surface area contributed by atoms with Crippen LogP contribution in [0.1, 0.15) is 53.0 Å². The number of nitrogens with zero attached hydrogens (tertiary/aromatic N) is 1. The van der Waals surface area contributed by atoms with Crippen LogP contribution in [0.4, 0.5) is 5.69 Å². The summed E-state index contributed by atoms with van der Waals surface area (Å²) in [6.45, 7) is 9.37. The van der Waals surface area contributed by atoms with Gasteiger partial charge in [0.25, 0.3) is 0 Å². The molecule has 1 aromatic rings. The number of rotatable bonds is 12. The van der Waals surface area contributed by atoms with E-state index in [2.05, 4.69) is 16.0 Å². The number of nitrogens with two attached hydrogens (primary N) is 1. The Hall–Kier alpha value is -2.92. The minimum atomic E-state index is -0.884. The fourth-order valence-corrected chi connectivity index (χ4v) is 4.80. The van der Waals surface area contributed by atoms with Crippen LogP contribution in [0.25, 0.3) is 0 Å². The average Bonchev–Trinajstić information content (AvgIpc) is 3.07. The molecule has 11 heteroatoms. The van der Waals surface area contributed by atoms with Gasteiger partial charge in [0.05, 0.1) is 5.25 Å². The third kappa shape index (κ3) is 8.34. The molecular weight excluding hydrogens is 482 g/mol. The maximum absolute atomic E-state index is 12.8. The lowest BCUT2D eigenvalue weighted by atomic mass is 10.0. The van der Waals surface area contributed by atoms with Crippen molar-refractivity contribution < 1.29 is 24.0 Å². The van der Waals surface area contributed by atoms with Gasteiger partial charge >= 0.3 is 0 Å². The van der Waals surface area contributed by atoms with Gasteiger partial charge in [-0.3, -0.25) is 28.9 Å². The molecule has 5 N–H and O–H groups in total. The first-order chi connectivity index (χ1) is 16.9. The lowest BCUT2D eigenvalue weighted by molar-refractivity contribution is -0.139. The van der Waals surface area contributed by atoms with E-state index in [4.69, 9.17) is 5.73 Å². The monoisotopic (exact) mass is 519 g/mol. The van der Waals surface area contributed by atoms with Crippen molar-refractivity contribution in [3.05, 3.63) is 29.8 Å². The van der Waals surface area contributed by atoms with Gasteiger partial charge < -0.3 is 21.7 Å². The van der Waals surface area contributed by atoms with Crippen molar-refractivity contribution in [2.45, 2.75) is 76.6 Å². The molecule has 5 amide bonds. The minimum Gasteiger partial charge on any atom is -0.344 e. The Kier molecular flexibility index (Phi) is 10.9. The lowest BCUT2D eigenvalue weighted by Gasteiger charge is -2.24. The number of imide groups is 1. The quantitative estimate of drug-likeness (QED) is 0.305. The molecule has 0 radical (unpaired) electrons. The number of amides is 5. The highest BCUT2D eigenvalue weighted by atomic mass is 32.2. The molecule has 1 aliphatic heterocycles. The van der Waals surface area contributed by atoms with Crippen molar-refractivity contribution >= 4 is 47.0 Å². The summed E-state index contributed by atoms with van der Waals surface area (Å²) in [4.78, 5) is 63.8. The van der Waals surface area contributed by atoms with E-state index in [9.17, 15) is 24.0 Å². The largest absolute Gasteiger partial charge is 0.344 e. The van der Waals surface area contributed by atoms with Crippen LogP contribution in [-0.2, 0) is 30.5 Å². The highest BCUT2D eigenvalue weighted by Gasteiger charge is 2.39.